The molecule has 132 valence electrons. The topological polar surface area (TPSA) is 72.6 Å². The summed E-state index contributed by atoms with van der Waals surface area (Å²) in [6.07, 6.45) is 2.10. The van der Waals surface area contributed by atoms with Crippen LogP contribution < -0.4 is 5.73 Å². The lowest BCUT2D eigenvalue weighted by Gasteiger charge is -2.31. The lowest BCUT2D eigenvalue weighted by Crippen LogP contribution is -2.41. The highest BCUT2D eigenvalue weighted by molar-refractivity contribution is 7.89. The van der Waals surface area contributed by atoms with E-state index >= 15 is 0 Å². The summed E-state index contributed by atoms with van der Waals surface area (Å²) in [5.41, 5.74) is 6.13. The number of nitrogens with two attached hydrogens (primary N) is 1. The average Bonchev–Trinajstić information content (AvgIpc) is 2.50. The molecule has 0 unspecified atom stereocenters. The first-order valence-corrected chi connectivity index (χ1v) is 8.97. The predicted molar refractivity (Wildman–Crippen MR) is 89.8 cm³/mol. The molecule has 0 atom stereocenters. The largest absolute Gasteiger partial charge is 0.378 e. The monoisotopic (exact) mass is 366 g/mol. The van der Waals surface area contributed by atoms with Gasteiger partial charge in [0, 0.05) is 19.7 Å². The first kappa shape index (κ1) is 20.3. The van der Waals surface area contributed by atoms with Gasteiger partial charge in [-0.15, -0.1) is 12.4 Å². The van der Waals surface area contributed by atoms with Crippen LogP contribution in [0.25, 0.3) is 0 Å². The average molecular weight is 367 g/mol. The zero-order chi connectivity index (χ0) is 16.2. The second-order valence-electron chi connectivity index (χ2n) is 5.55. The van der Waals surface area contributed by atoms with Crippen molar-refractivity contribution < 1.29 is 17.5 Å². The number of hydrogen-bond acceptors (Lipinski definition) is 4. The van der Waals surface area contributed by atoms with Crippen molar-refractivity contribution in [3.8, 4) is 0 Å². The number of benzene rings is 1. The van der Waals surface area contributed by atoms with E-state index in [0.29, 0.717) is 39.1 Å². The van der Waals surface area contributed by atoms with Gasteiger partial charge in [-0.25, -0.2) is 12.8 Å². The van der Waals surface area contributed by atoms with Gasteiger partial charge in [0.25, 0.3) is 0 Å². The summed E-state index contributed by atoms with van der Waals surface area (Å²) >= 11 is 0. The molecule has 1 aliphatic heterocycles. The van der Waals surface area contributed by atoms with E-state index in [-0.39, 0.29) is 23.4 Å². The van der Waals surface area contributed by atoms with Crippen LogP contribution in [0.15, 0.2) is 23.1 Å². The number of ether oxygens (including phenoxy) is 1. The van der Waals surface area contributed by atoms with Gasteiger partial charge in [-0.05, 0) is 50.4 Å². The van der Waals surface area contributed by atoms with Crippen LogP contribution >= 0.6 is 12.4 Å². The first-order chi connectivity index (χ1) is 10.4. The summed E-state index contributed by atoms with van der Waals surface area (Å²) in [6, 6.07) is 4.14. The quantitative estimate of drug-likeness (QED) is 0.782. The summed E-state index contributed by atoms with van der Waals surface area (Å²) in [6.45, 7) is 3.63. The summed E-state index contributed by atoms with van der Waals surface area (Å²) in [4.78, 5) is -0.241. The number of rotatable bonds is 6. The molecule has 1 fully saturated rings. The fourth-order valence-corrected chi connectivity index (χ4v) is 4.14. The van der Waals surface area contributed by atoms with Crippen LogP contribution in [0.3, 0.4) is 0 Å². The molecule has 8 heteroatoms. The first-order valence-electron chi connectivity index (χ1n) is 7.53. The Balaban J connectivity index is 0.00000264. The van der Waals surface area contributed by atoms with Crippen molar-refractivity contribution in [1.29, 1.82) is 0 Å². The van der Waals surface area contributed by atoms with Crippen LogP contribution in [-0.2, 0) is 14.8 Å². The van der Waals surface area contributed by atoms with Crippen molar-refractivity contribution >= 4 is 22.4 Å². The molecule has 0 aliphatic carbocycles. The number of halogens is 2. The second kappa shape index (κ2) is 8.94. The zero-order valence-corrected chi connectivity index (χ0v) is 14.8. The fourth-order valence-electron chi connectivity index (χ4n) is 2.52. The molecule has 2 N–H and O–H groups in total. The maximum Gasteiger partial charge on any atom is 0.245 e. The molecule has 0 saturated carbocycles. The summed E-state index contributed by atoms with van der Waals surface area (Å²) < 4.78 is 46.0. The maximum atomic E-state index is 13.9. The second-order valence-corrected chi connectivity index (χ2v) is 7.46. The van der Waals surface area contributed by atoms with Gasteiger partial charge in [0.15, 0.2) is 0 Å². The third kappa shape index (κ3) is 5.12. The van der Waals surface area contributed by atoms with Crippen molar-refractivity contribution in [1.82, 2.24) is 4.31 Å². The van der Waals surface area contributed by atoms with Crippen LogP contribution in [0.2, 0.25) is 0 Å². The Hall–Kier alpha value is -0.730. The van der Waals surface area contributed by atoms with Crippen LogP contribution in [-0.4, -0.2) is 45.1 Å². The minimum atomic E-state index is -3.78. The Morgan fingerprint density at radius 1 is 1.35 bits per heavy atom. The highest BCUT2D eigenvalue weighted by atomic mass is 35.5. The number of piperidine rings is 1. The molecule has 23 heavy (non-hydrogen) atoms. The molecule has 5 nitrogen and oxygen atoms in total. The third-order valence-electron chi connectivity index (χ3n) is 3.81. The SMILES string of the molecule is Cc1ccc(F)c(S(=O)(=O)N2CCC(OCCCN)CC2)c1.Cl. The normalized spacial score (nSPS) is 17.0. The molecular weight excluding hydrogens is 343 g/mol. The lowest BCUT2D eigenvalue weighted by molar-refractivity contribution is 0.0208. The summed E-state index contributed by atoms with van der Waals surface area (Å²) in [5, 5.41) is 0. The molecular formula is C15H24ClFN2O3S. The molecule has 1 aliphatic rings. The van der Waals surface area contributed by atoms with Gasteiger partial charge in [0.05, 0.1) is 6.10 Å². The van der Waals surface area contributed by atoms with Gasteiger partial charge >= 0.3 is 0 Å². The van der Waals surface area contributed by atoms with Crippen LogP contribution in [0.4, 0.5) is 4.39 Å². The molecule has 0 bridgehead atoms. The minimum absolute atomic E-state index is 0. The van der Waals surface area contributed by atoms with Gasteiger partial charge in [0.1, 0.15) is 10.7 Å². The Labute approximate surface area is 143 Å². The standard InChI is InChI=1S/C15H23FN2O3S.ClH/c1-12-3-4-14(16)15(11-12)22(19,20)18-8-5-13(6-9-18)21-10-2-7-17;/h3-4,11,13H,2,5-10,17H2,1H3;1H. The van der Waals surface area contributed by atoms with E-state index in [1.54, 1.807) is 13.0 Å². The van der Waals surface area contributed by atoms with E-state index in [2.05, 4.69) is 0 Å². The Bertz CT molecular complexity index is 605. The van der Waals surface area contributed by atoms with Crippen molar-refractivity contribution in [3.05, 3.63) is 29.6 Å². The molecule has 1 aromatic carbocycles. The van der Waals surface area contributed by atoms with E-state index in [9.17, 15) is 12.8 Å². The van der Waals surface area contributed by atoms with E-state index in [1.807, 2.05) is 0 Å². The van der Waals surface area contributed by atoms with Gasteiger partial charge in [0.2, 0.25) is 10.0 Å². The van der Waals surface area contributed by atoms with Gasteiger partial charge in [-0.1, -0.05) is 6.07 Å². The summed E-state index contributed by atoms with van der Waals surface area (Å²) in [5.74, 6) is -0.702. The molecule has 0 radical (unpaired) electrons. The smallest absolute Gasteiger partial charge is 0.245 e. The van der Waals surface area contributed by atoms with Gasteiger partial charge in [-0.3, -0.25) is 0 Å². The number of nitrogens with zero attached hydrogens (tertiary/aromatic N) is 1. The van der Waals surface area contributed by atoms with E-state index < -0.39 is 15.8 Å². The van der Waals surface area contributed by atoms with E-state index in [1.165, 1.54) is 16.4 Å². The zero-order valence-electron chi connectivity index (χ0n) is 13.2. The Morgan fingerprint density at radius 2 is 2.00 bits per heavy atom. The van der Waals surface area contributed by atoms with E-state index in [4.69, 9.17) is 10.5 Å². The summed E-state index contributed by atoms with van der Waals surface area (Å²) in [7, 11) is -3.78. The van der Waals surface area contributed by atoms with Crippen molar-refractivity contribution in [2.45, 2.75) is 37.2 Å². The molecule has 1 saturated heterocycles. The Morgan fingerprint density at radius 3 is 2.61 bits per heavy atom. The van der Waals surface area contributed by atoms with Gasteiger partial charge < -0.3 is 10.5 Å². The molecule has 1 aromatic rings. The number of aryl methyl sites for hydroxylation is 1. The van der Waals surface area contributed by atoms with Crippen molar-refractivity contribution in [2.24, 2.45) is 5.73 Å². The molecule has 0 amide bonds. The number of hydrogen-bond donors (Lipinski definition) is 1. The molecule has 0 spiro atoms. The van der Waals surface area contributed by atoms with Crippen LogP contribution in [0.1, 0.15) is 24.8 Å². The minimum Gasteiger partial charge on any atom is -0.378 e. The van der Waals surface area contributed by atoms with Crippen LogP contribution in [0, 0.1) is 12.7 Å². The van der Waals surface area contributed by atoms with Crippen molar-refractivity contribution in [3.63, 3.8) is 0 Å². The molecule has 2 rings (SSSR count). The van der Waals surface area contributed by atoms with E-state index in [0.717, 1.165) is 12.0 Å². The van der Waals surface area contributed by atoms with Crippen LogP contribution in [0.5, 0.6) is 0 Å². The molecule has 0 aromatic heterocycles. The van der Waals surface area contributed by atoms with Gasteiger partial charge in [-0.2, -0.15) is 4.31 Å². The van der Waals surface area contributed by atoms with Crippen molar-refractivity contribution in [2.75, 3.05) is 26.2 Å². The maximum absolute atomic E-state index is 13.9. The highest BCUT2D eigenvalue weighted by Crippen LogP contribution is 2.24. The number of sulfonamides is 1. The Kier molecular flexibility index (Phi) is 7.89. The lowest BCUT2D eigenvalue weighted by atomic mass is 10.1. The fraction of sp³-hybridized carbons (Fsp3) is 0.600. The molecule has 1 heterocycles. The predicted octanol–water partition coefficient (Wildman–Crippen LogP) is 2.07. The third-order valence-corrected chi connectivity index (χ3v) is 5.72. The highest BCUT2D eigenvalue weighted by Gasteiger charge is 2.31.